The van der Waals surface area contributed by atoms with Crippen molar-refractivity contribution in [2.45, 2.75) is 12.8 Å². The second kappa shape index (κ2) is 3.27. The zero-order valence-electron chi connectivity index (χ0n) is 9.59. The minimum atomic E-state index is 0.969. The van der Waals surface area contributed by atoms with Crippen molar-refractivity contribution in [2.24, 2.45) is 0 Å². The maximum atomic E-state index is 3.55. The van der Waals surface area contributed by atoms with Crippen LogP contribution >= 0.6 is 0 Å². The molecule has 0 spiro atoms. The number of fused-ring (bicyclic) bond motifs is 4. The van der Waals surface area contributed by atoms with E-state index in [0.29, 0.717) is 0 Å². The number of aromatic amines is 1. The second-order valence-electron chi connectivity index (χ2n) is 4.70. The molecule has 1 aromatic carbocycles. The van der Waals surface area contributed by atoms with Crippen molar-refractivity contribution in [3.8, 4) is 0 Å². The molecule has 2 aliphatic rings. The number of dihydropyridines is 1. The molecule has 0 saturated heterocycles. The standard InChI is InChI=1S/C15H14N2/c1-2-6-13-11(4-1)15-10-5-3-9-16-12(10)7-8-14(15)17-13/h1-6,16-17H,7-9H2. The number of H-pyrrole nitrogens is 1. The Balaban J connectivity index is 2.07. The zero-order valence-corrected chi connectivity index (χ0v) is 9.59. The van der Waals surface area contributed by atoms with Crippen LogP contribution in [-0.2, 0) is 6.42 Å². The molecular weight excluding hydrogens is 208 g/mol. The smallest absolute Gasteiger partial charge is 0.0462 e. The molecule has 1 aliphatic heterocycles. The van der Waals surface area contributed by atoms with Crippen molar-refractivity contribution in [3.05, 3.63) is 53.4 Å². The van der Waals surface area contributed by atoms with Crippen LogP contribution in [-0.4, -0.2) is 11.5 Å². The van der Waals surface area contributed by atoms with Crippen LogP contribution in [0.4, 0.5) is 0 Å². The number of aromatic nitrogens is 1. The predicted octanol–water partition coefficient (Wildman–Crippen LogP) is 2.98. The minimum absolute atomic E-state index is 0.969. The summed E-state index contributed by atoms with van der Waals surface area (Å²) < 4.78 is 0. The molecule has 2 heterocycles. The van der Waals surface area contributed by atoms with Gasteiger partial charge in [-0.25, -0.2) is 0 Å². The highest BCUT2D eigenvalue weighted by atomic mass is 14.9. The van der Waals surface area contributed by atoms with Gasteiger partial charge in [0.1, 0.15) is 0 Å². The number of nitrogens with one attached hydrogen (secondary N) is 2. The summed E-state index contributed by atoms with van der Waals surface area (Å²) in [5.41, 5.74) is 6.84. The highest BCUT2D eigenvalue weighted by Crippen LogP contribution is 2.37. The van der Waals surface area contributed by atoms with Crippen LogP contribution in [0.2, 0.25) is 0 Å². The summed E-state index contributed by atoms with van der Waals surface area (Å²) in [5, 5.41) is 4.85. The van der Waals surface area contributed by atoms with Crippen LogP contribution in [0.1, 0.15) is 17.7 Å². The molecule has 0 unspecified atom stereocenters. The highest BCUT2D eigenvalue weighted by molar-refractivity contribution is 5.98. The number of hydrogen-bond acceptors (Lipinski definition) is 1. The largest absolute Gasteiger partial charge is 0.384 e. The van der Waals surface area contributed by atoms with Crippen molar-refractivity contribution < 1.29 is 0 Å². The Hall–Kier alpha value is -1.96. The van der Waals surface area contributed by atoms with E-state index in [1.807, 2.05) is 0 Å². The van der Waals surface area contributed by atoms with E-state index in [-0.39, 0.29) is 0 Å². The number of para-hydroxylation sites is 1. The maximum absolute atomic E-state index is 3.55. The Morgan fingerprint density at radius 3 is 3.00 bits per heavy atom. The summed E-state index contributed by atoms with van der Waals surface area (Å²) in [6.45, 7) is 0.969. The molecule has 0 bridgehead atoms. The predicted molar refractivity (Wildman–Crippen MR) is 70.7 cm³/mol. The van der Waals surface area contributed by atoms with Gasteiger partial charge in [-0.3, -0.25) is 0 Å². The van der Waals surface area contributed by atoms with Gasteiger partial charge in [-0.15, -0.1) is 0 Å². The third-order valence-electron chi connectivity index (χ3n) is 3.72. The van der Waals surface area contributed by atoms with Crippen molar-refractivity contribution >= 4 is 16.5 Å². The average molecular weight is 222 g/mol. The Kier molecular flexibility index (Phi) is 1.75. The Bertz CT molecular complexity index is 659. The lowest BCUT2D eigenvalue weighted by Crippen LogP contribution is -2.21. The van der Waals surface area contributed by atoms with E-state index >= 15 is 0 Å². The van der Waals surface area contributed by atoms with E-state index in [1.54, 1.807) is 0 Å². The molecule has 2 aromatic rings. The summed E-state index contributed by atoms with van der Waals surface area (Å²) in [5.74, 6) is 0. The van der Waals surface area contributed by atoms with Gasteiger partial charge in [0.05, 0.1) is 0 Å². The molecule has 0 fully saturated rings. The van der Waals surface area contributed by atoms with Gasteiger partial charge in [0, 0.05) is 40.0 Å². The summed E-state index contributed by atoms with van der Waals surface area (Å²) in [6.07, 6.45) is 6.71. The van der Waals surface area contributed by atoms with Gasteiger partial charge in [0.25, 0.3) is 0 Å². The van der Waals surface area contributed by atoms with E-state index in [1.165, 1.54) is 33.4 Å². The summed E-state index contributed by atoms with van der Waals surface area (Å²) in [4.78, 5) is 3.55. The second-order valence-corrected chi connectivity index (χ2v) is 4.70. The van der Waals surface area contributed by atoms with Crippen molar-refractivity contribution in [1.82, 2.24) is 10.3 Å². The Morgan fingerprint density at radius 1 is 1.06 bits per heavy atom. The summed E-state index contributed by atoms with van der Waals surface area (Å²) in [7, 11) is 0. The third kappa shape index (κ3) is 1.21. The molecule has 84 valence electrons. The molecule has 2 heteroatoms. The third-order valence-corrected chi connectivity index (χ3v) is 3.72. The molecule has 2 N–H and O–H groups in total. The van der Waals surface area contributed by atoms with Gasteiger partial charge in [0.15, 0.2) is 0 Å². The topological polar surface area (TPSA) is 27.8 Å². The molecule has 0 amide bonds. The normalized spacial score (nSPS) is 17.9. The minimum Gasteiger partial charge on any atom is -0.384 e. The fourth-order valence-corrected chi connectivity index (χ4v) is 2.95. The molecule has 4 rings (SSSR count). The molecule has 1 aliphatic carbocycles. The molecule has 2 nitrogen and oxygen atoms in total. The SMILES string of the molecule is C1=CC2=C(CCc3[nH]c4ccccc4c32)NC1. The summed E-state index contributed by atoms with van der Waals surface area (Å²) >= 11 is 0. The number of benzene rings is 1. The monoisotopic (exact) mass is 222 g/mol. The van der Waals surface area contributed by atoms with E-state index in [0.717, 1.165) is 19.4 Å². The quantitative estimate of drug-likeness (QED) is 0.704. The molecule has 17 heavy (non-hydrogen) atoms. The molecule has 0 saturated carbocycles. The molecule has 0 atom stereocenters. The van der Waals surface area contributed by atoms with Crippen LogP contribution in [0.5, 0.6) is 0 Å². The first kappa shape index (κ1) is 9.11. The fourth-order valence-electron chi connectivity index (χ4n) is 2.95. The van der Waals surface area contributed by atoms with Crippen LogP contribution in [0.3, 0.4) is 0 Å². The Labute approximate surface area is 100 Å². The first-order chi connectivity index (χ1) is 8.43. The zero-order chi connectivity index (χ0) is 11.2. The van der Waals surface area contributed by atoms with Crippen molar-refractivity contribution in [3.63, 3.8) is 0 Å². The number of allylic oxidation sites excluding steroid dienone is 3. The fraction of sp³-hybridized carbons (Fsp3) is 0.200. The van der Waals surface area contributed by atoms with Gasteiger partial charge in [-0.1, -0.05) is 30.4 Å². The molecular formula is C15H14N2. The van der Waals surface area contributed by atoms with E-state index in [2.05, 4.69) is 46.7 Å². The van der Waals surface area contributed by atoms with E-state index < -0.39 is 0 Å². The van der Waals surface area contributed by atoms with Crippen LogP contribution in [0.15, 0.2) is 42.1 Å². The molecule has 1 aromatic heterocycles. The molecule has 0 radical (unpaired) electrons. The Morgan fingerprint density at radius 2 is 2.00 bits per heavy atom. The highest BCUT2D eigenvalue weighted by Gasteiger charge is 2.22. The van der Waals surface area contributed by atoms with Gasteiger partial charge in [-0.2, -0.15) is 0 Å². The van der Waals surface area contributed by atoms with Gasteiger partial charge in [-0.05, 0) is 18.9 Å². The number of rotatable bonds is 0. The number of aryl methyl sites for hydroxylation is 1. The average Bonchev–Trinajstić information content (AvgIpc) is 2.77. The lowest BCUT2D eigenvalue weighted by molar-refractivity contribution is 0.773. The lowest BCUT2D eigenvalue weighted by atomic mass is 9.90. The maximum Gasteiger partial charge on any atom is 0.0462 e. The van der Waals surface area contributed by atoms with Crippen LogP contribution < -0.4 is 5.32 Å². The van der Waals surface area contributed by atoms with Crippen molar-refractivity contribution in [2.75, 3.05) is 6.54 Å². The first-order valence-corrected chi connectivity index (χ1v) is 6.17. The van der Waals surface area contributed by atoms with Gasteiger partial charge >= 0.3 is 0 Å². The van der Waals surface area contributed by atoms with Crippen molar-refractivity contribution in [1.29, 1.82) is 0 Å². The first-order valence-electron chi connectivity index (χ1n) is 6.17. The number of hydrogen-bond donors (Lipinski definition) is 2. The van der Waals surface area contributed by atoms with Crippen LogP contribution in [0.25, 0.3) is 16.5 Å². The summed E-state index contributed by atoms with van der Waals surface area (Å²) in [6, 6.07) is 8.58. The van der Waals surface area contributed by atoms with Gasteiger partial charge in [0.2, 0.25) is 0 Å². The van der Waals surface area contributed by atoms with E-state index in [9.17, 15) is 0 Å². The van der Waals surface area contributed by atoms with Crippen LogP contribution in [0, 0.1) is 0 Å². The lowest BCUT2D eigenvalue weighted by Gasteiger charge is -2.23. The van der Waals surface area contributed by atoms with Gasteiger partial charge < -0.3 is 10.3 Å². The van der Waals surface area contributed by atoms with E-state index in [4.69, 9.17) is 0 Å².